The van der Waals surface area contributed by atoms with Gasteiger partial charge in [0.25, 0.3) is 0 Å². The number of aryl methyl sites for hydroxylation is 2. The van der Waals surface area contributed by atoms with E-state index in [1.807, 2.05) is 0 Å². The normalized spacial score (nSPS) is 10.8. The van der Waals surface area contributed by atoms with Crippen molar-refractivity contribution < 1.29 is 0 Å². The lowest BCUT2D eigenvalue weighted by molar-refractivity contribution is 1.16. The second-order valence-electron chi connectivity index (χ2n) is 2.85. The van der Waals surface area contributed by atoms with Crippen molar-refractivity contribution in [2.24, 2.45) is 0 Å². The highest BCUT2D eigenvalue weighted by Gasteiger charge is 2.02. The molecule has 0 saturated carbocycles. The molecule has 0 aliphatic heterocycles. The van der Waals surface area contributed by atoms with E-state index in [4.69, 9.17) is 0 Å². The summed E-state index contributed by atoms with van der Waals surface area (Å²) < 4.78 is 1.36. The molecule has 1 aromatic heterocycles. The van der Waals surface area contributed by atoms with Gasteiger partial charge in [0.1, 0.15) is 0 Å². The van der Waals surface area contributed by atoms with Gasteiger partial charge in [-0.3, -0.25) is 0 Å². The Kier molecular flexibility index (Phi) is 1.85. The maximum absolute atomic E-state index is 4.44. The van der Waals surface area contributed by atoms with Gasteiger partial charge in [-0.2, -0.15) is 0 Å². The predicted molar refractivity (Wildman–Crippen MR) is 53.7 cm³/mol. The summed E-state index contributed by atoms with van der Waals surface area (Å²) in [5.74, 6) is 0. The Bertz CT molecular complexity index is 403. The number of rotatable bonds is 1. The van der Waals surface area contributed by atoms with Crippen molar-refractivity contribution >= 4 is 21.6 Å². The molecule has 0 saturated heterocycles. The number of hydrogen-bond acceptors (Lipinski definition) is 2. The molecule has 0 spiro atoms. The van der Waals surface area contributed by atoms with Crippen molar-refractivity contribution in [1.29, 1.82) is 0 Å². The Morgan fingerprint density at radius 1 is 1.42 bits per heavy atom. The molecule has 0 aliphatic rings. The zero-order valence-electron chi connectivity index (χ0n) is 7.29. The van der Waals surface area contributed by atoms with Gasteiger partial charge in [0.2, 0.25) is 0 Å². The summed E-state index contributed by atoms with van der Waals surface area (Å²) >= 11 is 1.79. The maximum atomic E-state index is 4.44. The first-order chi connectivity index (χ1) is 5.81. The molecule has 0 aliphatic carbocycles. The molecule has 2 aromatic rings. The highest BCUT2D eigenvalue weighted by Crippen LogP contribution is 2.25. The molecular formula is C10H11NS. The average Bonchev–Trinajstić information content (AvgIpc) is 2.44. The van der Waals surface area contributed by atoms with Gasteiger partial charge in [-0.1, -0.05) is 19.1 Å². The molecule has 12 heavy (non-hydrogen) atoms. The van der Waals surface area contributed by atoms with E-state index in [0.29, 0.717) is 0 Å². The van der Waals surface area contributed by atoms with Gasteiger partial charge >= 0.3 is 0 Å². The minimum absolute atomic E-state index is 1.10. The van der Waals surface area contributed by atoms with Crippen LogP contribution in [-0.2, 0) is 6.42 Å². The van der Waals surface area contributed by atoms with E-state index in [2.05, 4.69) is 37.0 Å². The molecule has 1 aromatic carbocycles. The van der Waals surface area contributed by atoms with Crippen LogP contribution < -0.4 is 0 Å². The van der Waals surface area contributed by atoms with E-state index in [-0.39, 0.29) is 0 Å². The minimum Gasteiger partial charge on any atom is -0.242 e. The van der Waals surface area contributed by atoms with Crippen molar-refractivity contribution in [1.82, 2.24) is 4.98 Å². The van der Waals surface area contributed by atoms with Crippen LogP contribution in [0.5, 0.6) is 0 Å². The van der Waals surface area contributed by atoms with Gasteiger partial charge in [0.05, 0.1) is 15.2 Å². The van der Waals surface area contributed by atoms with E-state index >= 15 is 0 Å². The van der Waals surface area contributed by atoms with Crippen LogP contribution in [0.3, 0.4) is 0 Å². The molecule has 1 nitrogen and oxygen atoms in total. The van der Waals surface area contributed by atoms with Gasteiger partial charge in [0.15, 0.2) is 0 Å². The molecule has 0 radical (unpaired) electrons. The minimum atomic E-state index is 1.10. The van der Waals surface area contributed by atoms with Crippen molar-refractivity contribution in [3.05, 3.63) is 28.8 Å². The summed E-state index contributed by atoms with van der Waals surface area (Å²) in [6.07, 6.45) is 1.10. The van der Waals surface area contributed by atoms with Gasteiger partial charge in [0, 0.05) is 0 Å². The lowest BCUT2D eigenvalue weighted by Crippen LogP contribution is -1.78. The summed E-state index contributed by atoms with van der Waals surface area (Å²) in [6.45, 7) is 4.24. The van der Waals surface area contributed by atoms with E-state index in [1.54, 1.807) is 11.3 Å². The monoisotopic (exact) mass is 177 g/mol. The number of fused-ring (bicyclic) bond motifs is 1. The summed E-state index contributed by atoms with van der Waals surface area (Å²) in [5, 5.41) is 1.16. The Morgan fingerprint density at radius 3 is 3.00 bits per heavy atom. The molecule has 1 heterocycles. The molecule has 0 atom stereocenters. The molecule has 2 heteroatoms. The van der Waals surface area contributed by atoms with Crippen LogP contribution >= 0.6 is 11.3 Å². The highest BCUT2D eigenvalue weighted by molar-refractivity contribution is 7.18. The van der Waals surface area contributed by atoms with Crippen molar-refractivity contribution in [3.8, 4) is 0 Å². The van der Waals surface area contributed by atoms with Crippen LogP contribution in [0.1, 0.15) is 17.5 Å². The van der Waals surface area contributed by atoms with Gasteiger partial charge in [-0.15, -0.1) is 11.3 Å². The molecular weight excluding hydrogens is 166 g/mol. The Labute approximate surface area is 76.1 Å². The third kappa shape index (κ3) is 1.12. The van der Waals surface area contributed by atoms with Crippen LogP contribution in [0.25, 0.3) is 10.2 Å². The second kappa shape index (κ2) is 2.87. The number of thiazole rings is 1. The predicted octanol–water partition coefficient (Wildman–Crippen LogP) is 3.17. The van der Waals surface area contributed by atoms with Crippen LogP contribution in [0, 0.1) is 6.92 Å². The quantitative estimate of drug-likeness (QED) is 0.652. The van der Waals surface area contributed by atoms with Crippen molar-refractivity contribution in [2.75, 3.05) is 0 Å². The third-order valence-corrected chi connectivity index (χ3v) is 3.05. The van der Waals surface area contributed by atoms with Crippen LogP contribution in [0.2, 0.25) is 0 Å². The standard InChI is InChI=1S/C10H11NS/c1-3-8-5-4-6-9-10(8)12-7(2)11-9/h4-6H,3H2,1-2H3. The second-order valence-corrected chi connectivity index (χ2v) is 4.06. The van der Waals surface area contributed by atoms with Gasteiger partial charge in [-0.05, 0) is 25.0 Å². The third-order valence-electron chi connectivity index (χ3n) is 1.98. The number of benzene rings is 1. The zero-order chi connectivity index (χ0) is 8.55. The molecule has 2 rings (SSSR count). The van der Waals surface area contributed by atoms with E-state index in [9.17, 15) is 0 Å². The number of aromatic nitrogens is 1. The SMILES string of the molecule is CCc1cccc2nc(C)sc12. The summed E-state index contributed by atoms with van der Waals surface area (Å²) in [6, 6.07) is 6.35. The summed E-state index contributed by atoms with van der Waals surface area (Å²) in [4.78, 5) is 4.44. The lowest BCUT2D eigenvalue weighted by atomic mass is 10.2. The first-order valence-corrected chi connectivity index (χ1v) is 4.98. The maximum Gasteiger partial charge on any atom is 0.0907 e. The fourth-order valence-corrected chi connectivity index (χ4v) is 2.40. The van der Waals surface area contributed by atoms with Gasteiger partial charge < -0.3 is 0 Å². The molecule has 0 bridgehead atoms. The summed E-state index contributed by atoms with van der Waals surface area (Å²) in [5.41, 5.74) is 2.56. The van der Waals surface area contributed by atoms with E-state index in [0.717, 1.165) is 16.9 Å². The Morgan fingerprint density at radius 2 is 2.25 bits per heavy atom. The highest BCUT2D eigenvalue weighted by atomic mass is 32.1. The number of nitrogens with zero attached hydrogens (tertiary/aromatic N) is 1. The summed E-state index contributed by atoms with van der Waals surface area (Å²) in [7, 11) is 0. The molecule has 62 valence electrons. The molecule has 0 N–H and O–H groups in total. The van der Waals surface area contributed by atoms with Crippen molar-refractivity contribution in [3.63, 3.8) is 0 Å². The largest absolute Gasteiger partial charge is 0.242 e. The molecule has 0 amide bonds. The first-order valence-electron chi connectivity index (χ1n) is 4.16. The Balaban J connectivity index is 2.78. The zero-order valence-corrected chi connectivity index (χ0v) is 8.11. The smallest absolute Gasteiger partial charge is 0.0907 e. The van der Waals surface area contributed by atoms with Crippen LogP contribution in [-0.4, -0.2) is 4.98 Å². The van der Waals surface area contributed by atoms with E-state index < -0.39 is 0 Å². The van der Waals surface area contributed by atoms with Gasteiger partial charge in [-0.25, -0.2) is 4.98 Å². The number of hydrogen-bond donors (Lipinski definition) is 0. The topological polar surface area (TPSA) is 12.9 Å². The average molecular weight is 177 g/mol. The lowest BCUT2D eigenvalue weighted by Gasteiger charge is -1.95. The molecule has 0 unspecified atom stereocenters. The van der Waals surface area contributed by atoms with Crippen LogP contribution in [0.4, 0.5) is 0 Å². The Hall–Kier alpha value is -0.890. The fraction of sp³-hybridized carbons (Fsp3) is 0.300. The van der Waals surface area contributed by atoms with E-state index in [1.165, 1.54) is 10.3 Å². The van der Waals surface area contributed by atoms with Crippen molar-refractivity contribution in [2.45, 2.75) is 20.3 Å². The molecule has 0 fully saturated rings. The van der Waals surface area contributed by atoms with Crippen LogP contribution in [0.15, 0.2) is 18.2 Å². The first kappa shape index (κ1) is 7.74. The fourth-order valence-electron chi connectivity index (χ4n) is 1.40.